The predicted molar refractivity (Wildman–Crippen MR) is 120 cm³/mol. The number of aromatic nitrogens is 3. The van der Waals surface area contributed by atoms with Crippen molar-refractivity contribution in [1.82, 2.24) is 14.8 Å². The minimum Gasteiger partial charge on any atom is -0.325 e. The molecule has 0 aliphatic rings. The van der Waals surface area contributed by atoms with Gasteiger partial charge in [-0.2, -0.15) is 0 Å². The van der Waals surface area contributed by atoms with Crippen molar-refractivity contribution in [1.29, 1.82) is 0 Å². The lowest BCUT2D eigenvalue weighted by Gasteiger charge is -2.13. The second kappa shape index (κ2) is 9.74. The number of benzene rings is 2. The first-order chi connectivity index (χ1) is 14.0. The van der Waals surface area contributed by atoms with Gasteiger partial charge in [0.2, 0.25) is 5.91 Å². The Bertz CT molecular complexity index is 981. The molecule has 1 amide bonds. The van der Waals surface area contributed by atoms with Crippen LogP contribution < -0.4 is 5.32 Å². The van der Waals surface area contributed by atoms with Crippen molar-refractivity contribution in [3.8, 4) is 11.4 Å². The number of rotatable bonds is 8. The molecular weight excluding hydrogens is 380 g/mol. The minimum absolute atomic E-state index is 0.0359. The molecule has 0 saturated carbocycles. The summed E-state index contributed by atoms with van der Waals surface area (Å²) in [6, 6.07) is 16.2. The molecule has 6 heteroatoms. The zero-order valence-electron chi connectivity index (χ0n) is 17.5. The number of para-hydroxylation sites is 1. The molecule has 5 nitrogen and oxygen atoms in total. The van der Waals surface area contributed by atoms with Crippen LogP contribution in [0.15, 0.2) is 53.7 Å². The van der Waals surface area contributed by atoms with E-state index in [9.17, 15) is 4.79 Å². The first-order valence-electron chi connectivity index (χ1n) is 10.0. The molecule has 0 bridgehead atoms. The van der Waals surface area contributed by atoms with E-state index in [2.05, 4.69) is 66.0 Å². The second-order valence-corrected chi connectivity index (χ2v) is 8.35. The van der Waals surface area contributed by atoms with Crippen LogP contribution in [0.1, 0.15) is 44.2 Å². The first-order valence-corrected chi connectivity index (χ1v) is 11.0. The molecule has 0 aliphatic heterocycles. The number of anilines is 1. The van der Waals surface area contributed by atoms with Crippen LogP contribution in [0, 0.1) is 6.92 Å². The van der Waals surface area contributed by atoms with Crippen molar-refractivity contribution in [2.24, 2.45) is 0 Å². The molecule has 0 aliphatic carbocycles. The number of hydrogen-bond acceptors (Lipinski definition) is 4. The van der Waals surface area contributed by atoms with Gasteiger partial charge < -0.3 is 9.88 Å². The normalized spacial score (nSPS) is 11.1. The Kier molecular flexibility index (Phi) is 7.09. The van der Waals surface area contributed by atoms with E-state index in [4.69, 9.17) is 0 Å². The van der Waals surface area contributed by atoms with Gasteiger partial charge in [0, 0.05) is 17.8 Å². The molecule has 152 valence electrons. The summed E-state index contributed by atoms with van der Waals surface area (Å²) >= 11 is 1.43. The maximum Gasteiger partial charge on any atom is 0.234 e. The number of carbonyl (C=O) groups excluding carboxylic acids is 1. The molecule has 0 atom stereocenters. The maximum absolute atomic E-state index is 12.6. The highest BCUT2D eigenvalue weighted by molar-refractivity contribution is 7.99. The van der Waals surface area contributed by atoms with Crippen molar-refractivity contribution >= 4 is 23.4 Å². The average molecular weight is 409 g/mol. The highest BCUT2D eigenvalue weighted by atomic mass is 32.2. The molecule has 0 radical (unpaired) electrons. The Balaban J connectivity index is 1.73. The lowest BCUT2D eigenvalue weighted by Crippen LogP contribution is -2.16. The van der Waals surface area contributed by atoms with Gasteiger partial charge in [0.1, 0.15) is 0 Å². The smallest absolute Gasteiger partial charge is 0.234 e. The lowest BCUT2D eigenvalue weighted by atomic mass is 10.0. The largest absolute Gasteiger partial charge is 0.325 e. The van der Waals surface area contributed by atoms with Gasteiger partial charge in [-0.15, -0.1) is 10.2 Å². The van der Waals surface area contributed by atoms with Crippen molar-refractivity contribution in [3.05, 3.63) is 59.7 Å². The molecular formula is C23H28N4OS. The van der Waals surface area contributed by atoms with E-state index in [0.717, 1.165) is 40.8 Å². The van der Waals surface area contributed by atoms with E-state index in [1.54, 1.807) is 0 Å². The Morgan fingerprint density at radius 3 is 2.66 bits per heavy atom. The topological polar surface area (TPSA) is 59.8 Å². The molecule has 3 rings (SSSR count). The monoisotopic (exact) mass is 408 g/mol. The Hall–Kier alpha value is -2.60. The summed E-state index contributed by atoms with van der Waals surface area (Å²) in [5.41, 5.74) is 4.25. The maximum atomic E-state index is 12.6. The Labute approximate surface area is 176 Å². The summed E-state index contributed by atoms with van der Waals surface area (Å²) < 4.78 is 2.11. The van der Waals surface area contributed by atoms with E-state index >= 15 is 0 Å². The molecule has 0 fully saturated rings. The summed E-state index contributed by atoms with van der Waals surface area (Å²) in [5, 5.41) is 12.6. The summed E-state index contributed by atoms with van der Waals surface area (Å²) in [7, 11) is 0. The molecule has 0 saturated heterocycles. The first kappa shape index (κ1) is 21.1. The van der Waals surface area contributed by atoms with Gasteiger partial charge in [-0.05, 0) is 37.0 Å². The second-order valence-electron chi connectivity index (χ2n) is 7.41. The van der Waals surface area contributed by atoms with Crippen molar-refractivity contribution in [2.75, 3.05) is 11.1 Å². The van der Waals surface area contributed by atoms with Crippen LogP contribution in [-0.4, -0.2) is 26.4 Å². The SMILES string of the molecule is CCCn1c(SCC(=O)Nc2ccccc2C(C)C)nnc1-c1cccc(C)c1. The fraction of sp³-hybridized carbons (Fsp3) is 0.348. The lowest BCUT2D eigenvalue weighted by molar-refractivity contribution is -0.113. The van der Waals surface area contributed by atoms with E-state index in [1.807, 2.05) is 30.3 Å². The number of aryl methyl sites for hydroxylation is 1. The number of amides is 1. The van der Waals surface area contributed by atoms with Gasteiger partial charge in [-0.1, -0.05) is 74.5 Å². The van der Waals surface area contributed by atoms with Crippen molar-refractivity contribution < 1.29 is 4.79 Å². The highest BCUT2D eigenvalue weighted by Crippen LogP contribution is 2.26. The van der Waals surface area contributed by atoms with Crippen LogP contribution in [0.25, 0.3) is 11.4 Å². The quantitative estimate of drug-likeness (QED) is 0.499. The number of carbonyl (C=O) groups is 1. The van der Waals surface area contributed by atoms with Crippen LogP contribution in [0.4, 0.5) is 5.69 Å². The van der Waals surface area contributed by atoms with Gasteiger partial charge in [-0.25, -0.2) is 0 Å². The van der Waals surface area contributed by atoms with E-state index in [1.165, 1.54) is 17.3 Å². The van der Waals surface area contributed by atoms with Gasteiger partial charge in [0.15, 0.2) is 11.0 Å². The van der Waals surface area contributed by atoms with E-state index < -0.39 is 0 Å². The molecule has 0 unspecified atom stereocenters. The summed E-state index contributed by atoms with van der Waals surface area (Å²) in [5.74, 6) is 1.46. The summed E-state index contributed by atoms with van der Waals surface area (Å²) in [6.45, 7) is 9.26. The number of hydrogen-bond donors (Lipinski definition) is 1. The van der Waals surface area contributed by atoms with Gasteiger partial charge in [0.25, 0.3) is 0 Å². The highest BCUT2D eigenvalue weighted by Gasteiger charge is 2.16. The van der Waals surface area contributed by atoms with Crippen LogP contribution >= 0.6 is 11.8 Å². The third-order valence-corrected chi connectivity index (χ3v) is 5.60. The molecule has 1 heterocycles. The van der Waals surface area contributed by atoms with E-state index in [0.29, 0.717) is 11.7 Å². The zero-order valence-corrected chi connectivity index (χ0v) is 18.3. The van der Waals surface area contributed by atoms with Crippen LogP contribution in [0.3, 0.4) is 0 Å². The molecule has 3 aromatic rings. The third-order valence-electron chi connectivity index (χ3n) is 4.63. The van der Waals surface area contributed by atoms with E-state index in [-0.39, 0.29) is 5.91 Å². The van der Waals surface area contributed by atoms with Crippen LogP contribution in [-0.2, 0) is 11.3 Å². The predicted octanol–water partition coefficient (Wildman–Crippen LogP) is 5.52. The Morgan fingerprint density at radius 2 is 1.93 bits per heavy atom. The van der Waals surface area contributed by atoms with Gasteiger partial charge >= 0.3 is 0 Å². The van der Waals surface area contributed by atoms with Gasteiger partial charge in [0.05, 0.1) is 5.75 Å². The molecule has 1 aromatic heterocycles. The fourth-order valence-electron chi connectivity index (χ4n) is 3.25. The number of nitrogens with zero attached hydrogens (tertiary/aromatic N) is 3. The van der Waals surface area contributed by atoms with Gasteiger partial charge in [-0.3, -0.25) is 4.79 Å². The molecule has 0 spiro atoms. The zero-order chi connectivity index (χ0) is 20.8. The number of nitrogens with one attached hydrogen (secondary N) is 1. The summed E-state index contributed by atoms with van der Waals surface area (Å²) in [4.78, 5) is 12.6. The van der Waals surface area contributed by atoms with Crippen molar-refractivity contribution in [2.45, 2.75) is 51.7 Å². The number of thioether (sulfide) groups is 1. The Morgan fingerprint density at radius 1 is 1.14 bits per heavy atom. The average Bonchev–Trinajstić information content (AvgIpc) is 3.09. The minimum atomic E-state index is -0.0359. The summed E-state index contributed by atoms with van der Waals surface area (Å²) in [6.07, 6.45) is 0.971. The molecule has 1 N–H and O–H groups in total. The molecule has 2 aromatic carbocycles. The standard InChI is InChI=1S/C23H28N4OS/c1-5-13-27-22(18-10-8-9-17(4)14-18)25-26-23(27)29-15-21(28)24-20-12-7-6-11-19(20)16(2)3/h6-12,14,16H,5,13,15H2,1-4H3,(H,24,28). The third kappa shape index (κ3) is 5.26. The molecule has 29 heavy (non-hydrogen) atoms. The van der Waals surface area contributed by atoms with Crippen LogP contribution in [0.2, 0.25) is 0 Å². The van der Waals surface area contributed by atoms with Crippen LogP contribution in [0.5, 0.6) is 0 Å². The fourth-order valence-corrected chi connectivity index (χ4v) is 4.01. The van der Waals surface area contributed by atoms with Crippen molar-refractivity contribution in [3.63, 3.8) is 0 Å².